The lowest BCUT2D eigenvalue weighted by molar-refractivity contribution is -0.384. The number of benzene rings is 2. The van der Waals surface area contributed by atoms with E-state index in [-0.39, 0.29) is 17.8 Å². The SMILES string of the molecule is Cc1cc(N2C(=S)NC(c3ccccn3)C2c2ccc(-c3ccc([N+](=O)[O-])cc3)o2)ccc1Br. The second-order valence-electron chi connectivity index (χ2n) is 7.94. The molecule has 2 aromatic carbocycles. The van der Waals surface area contributed by atoms with Crippen LogP contribution in [-0.2, 0) is 0 Å². The average Bonchev–Trinajstić information content (AvgIpc) is 3.46. The number of nitrogens with zero attached hydrogens (tertiary/aromatic N) is 3. The van der Waals surface area contributed by atoms with Crippen molar-refractivity contribution in [3.63, 3.8) is 0 Å². The zero-order valence-electron chi connectivity index (χ0n) is 18.0. The van der Waals surface area contributed by atoms with Gasteiger partial charge in [0.05, 0.1) is 16.7 Å². The fourth-order valence-corrected chi connectivity index (χ4v) is 4.71. The summed E-state index contributed by atoms with van der Waals surface area (Å²) in [6.07, 6.45) is 1.76. The molecule has 2 unspecified atom stereocenters. The second kappa shape index (κ2) is 9.00. The minimum absolute atomic E-state index is 0.0351. The molecule has 1 aliphatic heterocycles. The normalized spacial score (nSPS) is 17.6. The number of aromatic nitrogens is 1. The van der Waals surface area contributed by atoms with E-state index in [0.29, 0.717) is 16.6 Å². The number of thiocarbonyl (C=S) groups is 1. The summed E-state index contributed by atoms with van der Waals surface area (Å²) < 4.78 is 7.33. The third-order valence-electron chi connectivity index (χ3n) is 5.80. The van der Waals surface area contributed by atoms with Crippen molar-refractivity contribution in [3.05, 3.63) is 111 Å². The van der Waals surface area contributed by atoms with E-state index >= 15 is 0 Å². The highest BCUT2D eigenvalue weighted by molar-refractivity contribution is 9.10. The number of anilines is 1. The van der Waals surface area contributed by atoms with Gasteiger partial charge in [-0.3, -0.25) is 15.1 Å². The van der Waals surface area contributed by atoms with Crippen LogP contribution >= 0.6 is 28.1 Å². The van der Waals surface area contributed by atoms with Gasteiger partial charge in [-0.05, 0) is 79.3 Å². The van der Waals surface area contributed by atoms with Crippen LogP contribution in [0, 0.1) is 17.0 Å². The van der Waals surface area contributed by atoms with Crippen molar-refractivity contribution in [3.8, 4) is 11.3 Å². The van der Waals surface area contributed by atoms with Gasteiger partial charge in [-0.25, -0.2) is 0 Å². The minimum Gasteiger partial charge on any atom is -0.459 e. The third kappa shape index (κ3) is 4.08. The molecule has 0 spiro atoms. The molecule has 0 bridgehead atoms. The van der Waals surface area contributed by atoms with Gasteiger partial charge in [-0.1, -0.05) is 22.0 Å². The van der Waals surface area contributed by atoms with Crippen LogP contribution in [0.2, 0.25) is 0 Å². The van der Waals surface area contributed by atoms with Crippen LogP contribution < -0.4 is 10.2 Å². The quantitative estimate of drug-likeness (QED) is 0.178. The van der Waals surface area contributed by atoms with Gasteiger partial charge in [0.15, 0.2) is 5.11 Å². The number of nitro benzene ring substituents is 1. The third-order valence-corrected chi connectivity index (χ3v) is 7.00. The summed E-state index contributed by atoms with van der Waals surface area (Å²) in [5, 5.41) is 15.0. The predicted octanol–water partition coefficient (Wildman–Crippen LogP) is 6.50. The van der Waals surface area contributed by atoms with Gasteiger partial charge in [0, 0.05) is 34.1 Å². The van der Waals surface area contributed by atoms with Crippen LogP contribution in [0.25, 0.3) is 11.3 Å². The summed E-state index contributed by atoms with van der Waals surface area (Å²) in [7, 11) is 0. The summed E-state index contributed by atoms with van der Waals surface area (Å²) >= 11 is 9.33. The highest BCUT2D eigenvalue weighted by Gasteiger charge is 2.42. The van der Waals surface area contributed by atoms with Crippen molar-refractivity contribution in [2.75, 3.05) is 4.90 Å². The van der Waals surface area contributed by atoms with Crippen molar-refractivity contribution in [2.24, 2.45) is 0 Å². The predicted molar refractivity (Wildman–Crippen MR) is 138 cm³/mol. The van der Waals surface area contributed by atoms with Gasteiger partial charge in [0.25, 0.3) is 5.69 Å². The number of furan rings is 1. The molecule has 170 valence electrons. The van der Waals surface area contributed by atoms with Crippen molar-refractivity contribution in [2.45, 2.75) is 19.0 Å². The van der Waals surface area contributed by atoms with Gasteiger partial charge in [0.2, 0.25) is 0 Å². The molecule has 1 aliphatic rings. The molecule has 7 nitrogen and oxygen atoms in total. The van der Waals surface area contributed by atoms with E-state index in [2.05, 4.69) is 32.3 Å². The molecule has 0 amide bonds. The van der Waals surface area contributed by atoms with Gasteiger partial charge in [-0.2, -0.15) is 0 Å². The Balaban J connectivity index is 1.57. The van der Waals surface area contributed by atoms with Gasteiger partial charge >= 0.3 is 0 Å². The van der Waals surface area contributed by atoms with Crippen LogP contribution in [0.15, 0.2) is 87.9 Å². The molecule has 1 N–H and O–H groups in total. The van der Waals surface area contributed by atoms with Crippen molar-refractivity contribution < 1.29 is 9.34 Å². The molecule has 0 aliphatic carbocycles. The smallest absolute Gasteiger partial charge is 0.269 e. The highest BCUT2D eigenvalue weighted by Crippen LogP contribution is 2.43. The first-order valence-corrected chi connectivity index (χ1v) is 11.7. The number of hydrogen-bond donors (Lipinski definition) is 1. The van der Waals surface area contributed by atoms with E-state index in [1.54, 1.807) is 18.3 Å². The molecule has 4 aromatic rings. The largest absolute Gasteiger partial charge is 0.459 e. The van der Waals surface area contributed by atoms with Gasteiger partial charge < -0.3 is 14.6 Å². The maximum absolute atomic E-state index is 11.0. The average molecular weight is 535 g/mol. The molecule has 0 radical (unpaired) electrons. The van der Waals surface area contributed by atoms with Crippen LogP contribution in [0.5, 0.6) is 0 Å². The first kappa shape index (κ1) is 22.2. The molecule has 9 heteroatoms. The van der Waals surface area contributed by atoms with Crippen molar-refractivity contribution >= 4 is 44.6 Å². The lowest BCUT2D eigenvalue weighted by Crippen LogP contribution is -2.29. The number of rotatable bonds is 5. The molecule has 3 heterocycles. The van der Waals surface area contributed by atoms with E-state index in [1.165, 1.54) is 12.1 Å². The molecular weight excluding hydrogens is 516 g/mol. The Hall–Kier alpha value is -3.56. The Bertz CT molecular complexity index is 1370. The number of pyridine rings is 1. The maximum Gasteiger partial charge on any atom is 0.269 e. The monoisotopic (exact) mass is 534 g/mol. The van der Waals surface area contributed by atoms with Crippen LogP contribution in [0.1, 0.15) is 29.1 Å². The van der Waals surface area contributed by atoms with Crippen molar-refractivity contribution in [1.82, 2.24) is 10.3 Å². The molecule has 2 aromatic heterocycles. The second-order valence-corrected chi connectivity index (χ2v) is 9.18. The Labute approximate surface area is 209 Å². The number of nitro groups is 1. The molecule has 34 heavy (non-hydrogen) atoms. The lowest BCUT2D eigenvalue weighted by Gasteiger charge is -2.26. The zero-order chi connectivity index (χ0) is 23.8. The van der Waals surface area contributed by atoms with Crippen molar-refractivity contribution in [1.29, 1.82) is 0 Å². The van der Waals surface area contributed by atoms with E-state index in [0.717, 1.165) is 27.0 Å². The lowest BCUT2D eigenvalue weighted by atomic mass is 10.0. The molecule has 1 fully saturated rings. The number of aryl methyl sites for hydroxylation is 1. The van der Waals surface area contributed by atoms with Crippen LogP contribution in [0.3, 0.4) is 0 Å². The number of halogens is 1. The number of non-ortho nitro benzene ring substituents is 1. The minimum atomic E-state index is -0.419. The molecule has 0 saturated carbocycles. The fraction of sp³-hybridized carbons (Fsp3) is 0.120. The Morgan fingerprint density at radius 2 is 1.91 bits per heavy atom. The first-order chi connectivity index (χ1) is 16.4. The fourth-order valence-electron chi connectivity index (χ4n) is 4.11. The van der Waals surface area contributed by atoms with Gasteiger partial charge in [0.1, 0.15) is 17.6 Å². The van der Waals surface area contributed by atoms with Crippen LogP contribution in [-0.4, -0.2) is 15.0 Å². The van der Waals surface area contributed by atoms with E-state index in [9.17, 15) is 10.1 Å². The Kier molecular flexibility index (Phi) is 5.89. The van der Waals surface area contributed by atoms with E-state index in [1.807, 2.05) is 54.3 Å². The summed E-state index contributed by atoms with van der Waals surface area (Å²) in [5.41, 5.74) is 3.67. The topological polar surface area (TPSA) is 84.4 Å². The zero-order valence-corrected chi connectivity index (χ0v) is 20.4. The molecular formula is C25H19BrN4O3S. The standard InChI is InChI=1S/C25H19BrN4O3S/c1-15-14-18(9-10-19(15)26)29-24(23(28-25(29)34)20-4-2-3-13-27-20)22-12-11-21(33-22)16-5-7-17(8-6-16)30(31)32/h2-14,23-24H,1H3,(H,28,34). The van der Waals surface area contributed by atoms with Crippen LogP contribution in [0.4, 0.5) is 11.4 Å². The highest BCUT2D eigenvalue weighted by atomic mass is 79.9. The number of hydrogen-bond acceptors (Lipinski definition) is 5. The molecule has 5 rings (SSSR count). The van der Waals surface area contributed by atoms with Gasteiger partial charge in [-0.15, -0.1) is 0 Å². The Morgan fingerprint density at radius 1 is 1.12 bits per heavy atom. The summed E-state index contributed by atoms with van der Waals surface area (Å²) in [6.45, 7) is 2.03. The summed E-state index contributed by atoms with van der Waals surface area (Å²) in [4.78, 5) is 17.2. The first-order valence-electron chi connectivity index (χ1n) is 10.5. The van der Waals surface area contributed by atoms with E-state index < -0.39 is 4.92 Å². The van der Waals surface area contributed by atoms with E-state index in [4.69, 9.17) is 16.6 Å². The Morgan fingerprint density at radius 3 is 2.59 bits per heavy atom. The molecule has 2 atom stereocenters. The summed E-state index contributed by atoms with van der Waals surface area (Å²) in [6, 6.07) is 21.5. The molecule has 1 saturated heterocycles. The maximum atomic E-state index is 11.0. The summed E-state index contributed by atoms with van der Waals surface area (Å²) in [5.74, 6) is 1.33. The number of nitrogens with one attached hydrogen (secondary N) is 1.